The molecule has 0 bridgehead atoms. The molecule has 0 aliphatic rings. The van der Waals surface area contributed by atoms with Gasteiger partial charge in [0, 0.05) is 13.1 Å². The third kappa shape index (κ3) is 4.42. The van der Waals surface area contributed by atoms with Crippen molar-refractivity contribution in [1.82, 2.24) is 4.90 Å². The number of rotatable bonds is 6. The van der Waals surface area contributed by atoms with Crippen LogP contribution in [0.1, 0.15) is 33.1 Å². The Morgan fingerprint density at radius 1 is 1.25 bits per heavy atom. The van der Waals surface area contributed by atoms with Crippen LogP contribution in [0.3, 0.4) is 0 Å². The van der Waals surface area contributed by atoms with Crippen LogP contribution >= 0.6 is 0 Å². The van der Waals surface area contributed by atoms with Crippen molar-refractivity contribution in [1.29, 1.82) is 0 Å². The number of carbonyl (C=O) groups is 1. The van der Waals surface area contributed by atoms with Crippen LogP contribution in [-0.4, -0.2) is 31.7 Å². The lowest BCUT2D eigenvalue weighted by molar-refractivity contribution is -0.128. The van der Waals surface area contributed by atoms with E-state index in [0.29, 0.717) is 0 Å². The van der Waals surface area contributed by atoms with Gasteiger partial charge in [0.05, 0.1) is 7.85 Å². The zero-order valence-corrected chi connectivity index (χ0v) is 8.18. The molecule has 0 rings (SSSR count). The number of unbranched alkanes of at least 4 members (excludes halogenated alkanes) is 1. The van der Waals surface area contributed by atoms with Crippen molar-refractivity contribution >= 4 is 13.8 Å². The number of hydrogen-bond donors (Lipinski definition) is 0. The Balaban J connectivity index is 3.76. The van der Waals surface area contributed by atoms with E-state index < -0.39 is 0 Å². The van der Waals surface area contributed by atoms with Crippen LogP contribution in [0.15, 0.2) is 0 Å². The molecule has 0 N–H and O–H groups in total. The molecule has 0 aliphatic carbocycles. The van der Waals surface area contributed by atoms with E-state index in [1.54, 1.807) is 0 Å². The number of amides is 1. The lowest BCUT2D eigenvalue weighted by Crippen LogP contribution is -2.32. The highest BCUT2D eigenvalue weighted by molar-refractivity contribution is 6.19. The van der Waals surface area contributed by atoms with Crippen molar-refractivity contribution in [3.63, 3.8) is 0 Å². The minimum absolute atomic E-state index is 0.0744. The van der Waals surface area contributed by atoms with Gasteiger partial charge in [-0.25, -0.2) is 0 Å². The second-order valence-corrected chi connectivity index (χ2v) is 2.94. The zero-order chi connectivity index (χ0) is 9.40. The standard InChI is InChI=1S/C9H18BNO/c1-3-5-7-11(6-4-2)9(12)8-10/h3-8H2,1-2H3. The van der Waals surface area contributed by atoms with Gasteiger partial charge in [-0.2, -0.15) is 0 Å². The largest absolute Gasteiger partial charge is 0.343 e. The van der Waals surface area contributed by atoms with E-state index in [4.69, 9.17) is 7.85 Å². The fourth-order valence-corrected chi connectivity index (χ4v) is 1.11. The molecule has 68 valence electrons. The first kappa shape index (κ1) is 11.5. The van der Waals surface area contributed by atoms with Crippen molar-refractivity contribution < 1.29 is 4.79 Å². The van der Waals surface area contributed by atoms with Gasteiger partial charge < -0.3 is 4.90 Å². The molecule has 0 atom stereocenters. The Bertz CT molecular complexity index is 128. The molecular formula is C9H18BNO. The van der Waals surface area contributed by atoms with Crippen LogP contribution in [0.5, 0.6) is 0 Å². The molecule has 3 heteroatoms. The Kier molecular flexibility index (Phi) is 6.92. The maximum atomic E-state index is 11.2. The van der Waals surface area contributed by atoms with E-state index in [1.165, 1.54) is 0 Å². The van der Waals surface area contributed by atoms with E-state index in [0.717, 1.165) is 32.4 Å². The van der Waals surface area contributed by atoms with Gasteiger partial charge in [0.1, 0.15) is 0 Å². The molecule has 0 heterocycles. The van der Waals surface area contributed by atoms with Crippen LogP contribution in [-0.2, 0) is 4.79 Å². The number of nitrogens with zero attached hydrogens (tertiary/aromatic N) is 1. The predicted molar refractivity (Wildman–Crippen MR) is 52.3 cm³/mol. The molecule has 0 unspecified atom stereocenters. The van der Waals surface area contributed by atoms with Crippen molar-refractivity contribution in [2.75, 3.05) is 13.1 Å². The summed E-state index contributed by atoms with van der Waals surface area (Å²) >= 11 is 0. The molecule has 0 spiro atoms. The van der Waals surface area contributed by atoms with Crippen molar-refractivity contribution in [2.24, 2.45) is 0 Å². The van der Waals surface area contributed by atoms with Crippen molar-refractivity contribution in [3.8, 4) is 0 Å². The second kappa shape index (κ2) is 7.20. The normalized spacial score (nSPS) is 9.83. The van der Waals surface area contributed by atoms with Gasteiger partial charge in [-0.3, -0.25) is 4.79 Å². The Morgan fingerprint density at radius 3 is 2.33 bits per heavy atom. The zero-order valence-electron chi connectivity index (χ0n) is 8.18. The predicted octanol–water partition coefficient (Wildman–Crippen LogP) is 1.61. The van der Waals surface area contributed by atoms with Crippen molar-refractivity contribution in [3.05, 3.63) is 0 Å². The maximum absolute atomic E-state index is 11.2. The van der Waals surface area contributed by atoms with Gasteiger partial charge in [0.2, 0.25) is 5.91 Å². The van der Waals surface area contributed by atoms with Crippen molar-refractivity contribution in [2.45, 2.75) is 39.4 Å². The van der Waals surface area contributed by atoms with Crippen LogP contribution in [0.25, 0.3) is 0 Å². The SMILES string of the molecule is [B]CC(=O)N(CCC)CCCC. The summed E-state index contributed by atoms with van der Waals surface area (Å²) in [5.41, 5.74) is 0. The van der Waals surface area contributed by atoms with Gasteiger partial charge in [-0.15, -0.1) is 0 Å². The van der Waals surface area contributed by atoms with E-state index in [-0.39, 0.29) is 12.2 Å². The Labute approximate surface area is 76.7 Å². The molecule has 12 heavy (non-hydrogen) atoms. The monoisotopic (exact) mass is 167 g/mol. The third-order valence-electron chi connectivity index (χ3n) is 1.80. The van der Waals surface area contributed by atoms with E-state index in [1.807, 2.05) is 4.90 Å². The molecule has 2 nitrogen and oxygen atoms in total. The number of hydrogen-bond acceptors (Lipinski definition) is 1. The summed E-state index contributed by atoms with van der Waals surface area (Å²) in [5, 5.41) is 0. The number of carbonyl (C=O) groups excluding carboxylic acids is 1. The lowest BCUT2D eigenvalue weighted by atomic mass is 10.0. The fourth-order valence-electron chi connectivity index (χ4n) is 1.11. The van der Waals surface area contributed by atoms with Gasteiger partial charge in [-0.05, 0) is 19.2 Å². The fraction of sp³-hybridized carbons (Fsp3) is 0.889. The van der Waals surface area contributed by atoms with Crippen LogP contribution in [0.4, 0.5) is 0 Å². The summed E-state index contributed by atoms with van der Waals surface area (Å²) in [6, 6.07) is 0. The molecule has 0 saturated carbocycles. The Morgan fingerprint density at radius 2 is 1.92 bits per heavy atom. The van der Waals surface area contributed by atoms with Crippen LogP contribution in [0.2, 0.25) is 6.32 Å². The summed E-state index contributed by atoms with van der Waals surface area (Å²) in [4.78, 5) is 13.1. The molecule has 0 aromatic heterocycles. The highest BCUT2D eigenvalue weighted by Gasteiger charge is 2.07. The summed E-state index contributed by atoms with van der Waals surface area (Å²) in [7, 11) is 5.28. The molecule has 1 amide bonds. The van der Waals surface area contributed by atoms with Gasteiger partial charge in [-0.1, -0.05) is 20.3 Å². The third-order valence-corrected chi connectivity index (χ3v) is 1.80. The van der Waals surface area contributed by atoms with Crippen LogP contribution in [0, 0.1) is 0 Å². The first-order valence-electron chi connectivity index (χ1n) is 4.74. The van der Waals surface area contributed by atoms with Crippen LogP contribution < -0.4 is 0 Å². The van der Waals surface area contributed by atoms with E-state index >= 15 is 0 Å². The van der Waals surface area contributed by atoms with Gasteiger partial charge in [0.25, 0.3) is 0 Å². The van der Waals surface area contributed by atoms with E-state index in [9.17, 15) is 4.79 Å². The maximum Gasteiger partial charge on any atom is 0.213 e. The summed E-state index contributed by atoms with van der Waals surface area (Å²) in [6.07, 6.45) is 3.35. The topological polar surface area (TPSA) is 20.3 Å². The minimum Gasteiger partial charge on any atom is -0.343 e. The molecular weight excluding hydrogens is 149 g/mol. The molecule has 2 radical (unpaired) electrons. The smallest absolute Gasteiger partial charge is 0.213 e. The van der Waals surface area contributed by atoms with E-state index in [2.05, 4.69) is 13.8 Å². The summed E-state index contributed by atoms with van der Waals surface area (Å²) in [6.45, 7) is 5.90. The average Bonchev–Trinajstić information content (AvgIpc) is 2.11. The first-order chi connectivity index (χ1) is 5.76. The summed E-state index contributed by atoms with van der Waals surface area (Å²) in [5.74, 6) is 0.0744. The molecule has 0 aromatic carbocycles. The minimum atomic E-state index is 0.0744. The molecule has 0 saturated heterocycles. The average molecular weight is 167 g/mol. The highest BCUT2D eigenvalue weighted by atomic mass is 16.2. The Hall–Kier alpha value is -0.465. The van der Waals surface area contributed by atoms with Gasteiger partial charge >= 0.3 is 0 Å². The quantitative estimate of drug-likeness (QED) is 0.550. The highest BCUT2D eigenvalue weighted by Crippen LogP contribution is 1.99. The summed E-state index contributed by atoms with van der Waals surface area (Å²) < 4.78 is 0. The second-order valence-electron chi connectivity index (χ2n) is 2.94. The molecule has 0 fully saturated rings. The van der Waals surface area contributed by atoms with Gasteiger partial charge in [0.15, 0.2) is 0 Å². The lowest BCUT2D eigenvalue weighted by Gasteiger charge is -2.21. The first-order valence-corrected chi connectivity index (χ1v) is 4.74. The molecule has 0 aliphatic heterocycles. The molecule has 0 aromatic rings.